The number of benzene rings is 1. The van der Waals surface area contributed by atoms with Crippen molar-refractivity contribution in [1.29, 1.82) is 5.41 Å². The topological polar surface area (TPSA) is 83.8 Å². The molecular weight excluding hydrogens is 228 g/mol. The van der Waals surface area contributed by atoms with Crippen molar-refractivity contribution in [2.24, 2.45) is 12.8 Å². The van der Waals surface area contributed by atoms with Crippen molar-refractivity contribution in [2.75, 3.05) is 11.9 Å². The highest BCUT2D eigenvalue weighted by atomic mass is 15.5. The van der Waals surface area contributed by atoms with Gasteiger partial charge in [0.15, 0.2) is 0 Å². The summed E-state index contributed by atoms with van der Waals surface area (Å²) in [5.74, 6) is 1.02. The highest BCUT2D eigenvalue weighted by molar-refractivity contribution is 5.95. The first-order valence-corrected chi connectivity index (χ1v) is 5.57. The van der Waals surface area contributed by atoms with E-state index in [4.69, 9.17) is 11.1 Å². The largest absolute Gasteiger partial charge is 0.384 e. The second kappa shape index (κ2) is 4.87. The van der Waals surface area contributed by atoms with Crippen molar-refractivity contribution < 1.29 is 0 Å². The van der Waals surface area contributed by atoms with E-state index in [1.54, 1.807) is 10.9 Å². The first-order valence-electron chi connectivity index (χ1n) is 5.57. The summed E-state index contributed by atoms with van der Waals surface area (Å²) < 4.78 is 1.72. The maximum atomic E-state index is 7.43. The highest BCUT2D eigenvalue weighted by Gasteiger charge is 2.07. The Morgan fingerprint density at radius 3 is 2.89 bits per heavy atom. The Labute approximate surface area is 106 Å². The average molecular weight is 244 g/mol. The van der Waals surface area contributed by atoms with Crippen molar-refractivity contribution in [3.8, 4) is 0 Å². The minimum atomic E-state index is 0.0849. The van der Waals surface area contributed by atoms with Gasteiger partial charge in [-0.3, -0.25) is 5.41 Å². The summed E-state index contributed by atoms with van der Waals surface area (Å²) >= 11 is 0. The molecule has 0 amide bonds. The molecule has 0 aliphatic rings. The fourth-order valence-electron chi connectivity index (χ4n) is 1.82. The molecule has 1 aromatic carbocycles. The Kier molecular flexibility index (Phi) is 3.27. The number of nitrogens with two attached hydrogens (primary N) is 1. The molecule has 1 aromatic heterocycles. The molecule has 0 spiro atoms. The van der Waals surface area contributed by atoms with Crippen LogP contribution in [0.5, 0.6) is 0 Å². The van der Waals surface area contributed by atoms with E-state index in [2.05, 4.69) is 10.3 Å². The number of nitrogen functional groups attached to an aromatic ring is 1. The number of aromatic nitrogens is 3. The van der Waals surface area contributed by atoms with Crippen LogP contribution in [0.4, 0.5) is 5.82 Å². The molecule has 0 saturated heterocycles. The van der Waals surface area contributed by atoms with Gasteiger partial charge in [0.25, 0.3) is 0 Å². The van der Waals surface area contributed by atoms with Gasteiger partial charge in [-0.2, -0.15) is 0 Å². The lowest BCUT2D eigenvalue weighted by molar-refractivity contribution is 0.697. The van der Waals surface area contributed by atoms with Crippen molar-refractivity contribution >= 4 is 11.7 Å². The van der Waals surface area contributed by atoms with Crippen LogP contribution in [-0.4, -0.2) is 27.9 Å². The monoisotopic (exact) mass is 244 g/mol. The third-order valence-corrected chi connectivity index (χ3v) is 2.74. The lowest BCUT2D eigenvalue weighted by Crippen LogP contribution is -2.20. The molecule has 0 unspecified atom stereocenters. The standard InChI is InChI=1S/C12H16N6/c1-17(11-7-15-16-18(11)2)8-9-4-3-5-10(6-9)12(13)14/h3-7H,8H2,1-2H3,(H3,13,14). The molecule has 0 aliphatic heterocycles. The number of nitrogens with one attached hydrogen (secondary N) is 1. The molecule has 18 heavy (non-hydrogen) atoms. The summed E-state index contributed by atoms with van der Waals surface area (Å²) in [4.78, 5) is 2.04. The molecule has 1 heterocycles. The van der Waals surface area contributed by atoms with Crippen LogP contribution in [0.1, 0.15) is 11.1 Å². The van der Waals surface area contributed by atoms with E-state index in [9.17, 15) is 0 Å². The molecule has 2 aromatic rings. The smallest absolute Gasteiger partial charge is 0.147 e. The zero-order chi connectivity index (χ0) is 13.1. The number of aryl methyl sites for hydroxylation is 1. The van der Waals surface area contributed by atoms with Crippen molar-refractivity contribution in [1.82, 2.24) is 15.0 Å². The number of amidine groups is 1. The molecule has 0 fully saturated rings. The number of hydrogen-bond donors (Lipinski definition) is 2. The number of hydrogen-bond acceptors (Lipinski definition) is 4. The van der Waals surface area contributed by atoms with Gasteiger partial charge in [-0.15, -0.1) is 5.10 Å². The van der Waals surface area contributed by atoms with Crippen LogP contribution >= 0.6 is 0 Å². The zero-order valence-electron chi connectivity index (χ0n) is 10.5. The van der Waals surface area contributed by atoms with E-state index in [0.29, 0.717) is 6.54 Å². The van der Waals surface area contributed by atoms with Gasteiger partial charge in [-0.25, -0.2) is 4.68 Å². The third kappa shape index (κ3) is 2.48. The summed E-state index contributed by atoms with van der Waals surface area (Å²) in [6.45, 7) is 0.711. The minimum Gasteiger partial charge on any atom is -0.384 e. The quantitative estimate of drug-likeness (QED) is 0.613. The summed E-state index contributed by atoms with van der Waals surface area (Å²) in [6.07, 6.45) is 1.72. The van der Waals surface area contributed by atoms with Gasteiger partial charge in [0.2, 0.25) is 0 Å². The highest BCUT2D eigenvalue weighted by Crippen LogP contribution is 2.13. The second-order valence-corrected chi connectivity index (χ2v) is 4.19. The Morgan fingerprint density at radius 2 is 2.28 bits per heavy atom. The van der Waals surface area contributed by atoms with E-state index in [1.807, 2.05) is 43.3 Å². The maximum Gasteiger partial charge on any atom is 0.147 e. The van der Waals surface area contributed by atoms with E-state index in [0.717, 1.165) is 16.9 Å². The van der Waals surface area contributed by atoms with Crippen LogP contribution in [-0.2, 0) is 13.6 Å². The molecule has 0 aliphatic carbocycles. The molecule has 94 valence electrons. The van der Waals surface area contributed by atoms with Crippen molar-refractivity contribution in [3.63, 3.8) is 0 Å². The summed E-state index contributed by atoms with van der Waals surface area (Å²) in [7, 11) is 3.82. The Morgan fingerprint density at radius 1 is 1.50 bits per heavy atom. The van der Waals surface area contributed by atoms with Crippen molar-refractivity contribution in [3.05, 3.63) is 41.6 Å². The molecule has 0 saturated carbocycles. The van der Waals surface area contributed by atoms with Crippen LogP contribution in [0.15, 0.2) is 30.5 Å². The van der Waals surface area contributed by atoms with Crippen LogP contribution in [0.3, 0.4) is 0 Å². The van der Waals surface area contributed by atoms with E-state index in [1.165, 1.54) is 0 Å². The molecule has 0 atom stereocenters. The van der Waals surface area contributed by atoms with Gasteiger partial charge in [0.1, 0.15) is 11.7 Å². The lowest BCUT2D eigenvalue weighted by Gasteiger charge is -2.18. The maximum absolute atomic E-state index is 7.43. The fourth-order valence-corrected chi connectivity index (χ4v) is 1.82. The van der Waals surface area contributed by atoms with Crippen LogP contribution in [0, 0.1) is 5.41 Å². The van der Waals surface area contributed by atoms with Gasteiger partial charge in [-0.05, 0) is 11.6 Å². The van der Waals surface area contributed by atoms with Gasteiger partial charge in [0, 0.05) is 26.2 Å². The molecule has 0 radical (unpaired) electrons. The van der Waals surface area contributed by atoms with Crippen LogP contribution in [0.25, 0.3) is 0 Å². The summed E-state index contributed by atoms with van der Waals surface area (Å²) in [6, 6.07) is 7.66. The normalized spacial score (nSPS) is 10.3. The number of rotatable bonds is 4. The van der Waals surface area contributed by atoms with Gasteiger partial charge >= 0.3 is 0 Å². The zero-order valence-corrected chi connectivity index (χ0v) is 10.5. The number of nitrogens with zero attached hydrogens (tertiary/aromatic N) is 4. The molecule has 3 N–H and O–H groups in total. The first-order chi connectivity index (χ1) is 8.58. The summed E-state index contributed by atoms with van der Waals surface area (Å²) in [5, 5.41) is 15.2. The molecule has 0 bridgehead atoms. The lowest BCUT2D eigenvalue weighted by atomic mass is 10.1. The third-order valence-electron chi connectivity index (χ3n) is 2.74. The Hall–Kier alpha value is -2.37. The van der Waals surface area contributed by atoms with Gasteiger partial charge < -0.3 is 10.6 Å². The Bertz CT molecular complexity index is 559. The van der Waals surface area contributed by atoms with Crippen LogP contribution in [0.2, 0.25) is 0 Å². The number of anilines is 1. The predicted molar refractivity (Wildman–Crippen MR) is 70.6 cm³/mol. The van der Waals surface area contributed by atoms with E-state index >= 15 is 0 Å². The minimum absolute atomic E-state index is 0.0849. The van der Waals surface area contributed by atoms with Crippen LogP contribution < -0.4 is 10.6 Å². The molecular formula is C12H16N6. The van der Waals surface area contributed by atoms with Gasteiger partial charge in [0.05, 0.1) is 6.20 Å². The summed E-state index contributed by atoms with van der Waals surface area (Å²) in [5.41, 5.74) is 7.31. The van der Waals surface area contributed by atoms with E-state index in [-0.39, 0.29) is 5.84 Å². The first kappa shape index (κ1) is 12.1. The molecule has 2 rings (SSSR count). The Balaban J connectivity index is 2.17. The second-order valence-electron chi connectivity index (χ2n) is 4.19. The van der Waals surface area contributed by atoms with Crippen molar-refractivity contribution in [2.45, 2.75) is 6.54 Å². The van der Waals surface area contributed by atoms with Gasteiger partial charge in [-0.1, -0.05) is 23.4 Å². The SMILES string of the molecule is CN(Cc1cccc(C(=N)N)c1)c1cnnn1C. The predicted octanol–water partition coefficient (Wildman–Crippen LogP) is 0.736. The van der Waals surface area contributed by atoms with E-state index < -0.39 is 0 Å². The average Bonchev–Trinajstić information content (AvgIpc) is 2.76. The fraction of sp³-hybridized carbons (Fsp3) is 0.250. The molecule has 6 nitrogen and oxygen atoms in total. The molecule has 6 heteroatoms.